The number of nitrogens with one attached hydrogen (secondary N) is 1. The van der Waals surface area contributed by atoms with Crippen LogP contribution in [0.5, 0.6) is 5.75 Å². The van der Waals surface area contributed by atoms with E-state index in [1.165, 1.54) is 96.3 Å². The Balaban J connectivity index is 0.947. The number of esters is 1. The molecule has 0 radical (unpaired) electrons. The van der Waals surface area contributed by atoms with Crippen molar-refractivity contribution in [2.24, 2.45) is 46.3 Å². The molecule has 308 valence electrons. The Morgan fingerprint density at radius 3 is 2.18 bits per heavy atom. The molecule has 56 heavy (non-hydrogen) atoms. The average Bonchev–Trinajstić information content (AvgIpc) is 3.55. The maximum absolute atomic E-state index is 13.3. The molecule has 3 fully saturated rings. The Hall–Kier alpha value is -3.08. The van der Waals surface area contributed by atoms with Crippen molar-refractivity contribution >= 4 is 17.6 Å². The third-order valence-electron chi connectivity index (χ3n) is 15.3. The van der Waals surface area contributed by atoms with Crippen LogP contribution in [0, 0.1) is 46.3 Å². The van der Waals surface area contributed by atoms with Gasteiger partial charge in [-0.05, 0) is 146 Å². The van der Waals surface area contributed by atoms with Crippen LogP contribution in [0.4, 0.5) is 5.69 Å². The molecule has 8 atom stereocenters. The highest BCUT2D eigenvalue weighted by atomic mass is 16.5. The highest BCUT2D eigenvalue weighted by Crippen LogP contribution is 2.67. The summed E-state index contributed by atoms with van der Waals surface area (Å²) in [6.07, 6.45) is 26.5. The first-order valence-electron chi connectivity index (χ1n) is 23.1. The van der Waals surface area contributed by atoms with E-state index in [2.05, 4.69) is 52.9 Å². The van der Waals surface area contributed by atoms with Crippen molar-refractivity contribution in [2.45, 2.75) is 170 Å². The molecular weight excluding hydrogens is 691 g/mol. The van der Waals surface area contributed by atoms with Crippen molar-refractivity contribution in [3.63, 3.8) is 0 Å². The molecule has 0 spiro atoms. The summed E-state index contributed by atoms with van der Waals surface area (Å²) in [5.41, 5.74) is 4.01. The Kier molecular flexibility index (Phi) is 14.9. The van der Waals surface area contributed by atoms with Crippen molar-refractivity contribution in [2.75, 3.05) is 11.9 Å². The van der Waals surface area contributed by atoms with Gasteiger partial charge in [0.25, 0.3) is 5.91 Å². The highest BCUT2D eigenvalue weighted by Gasteiger charge is 2.59. The van der Waals surface area contributed by atoms with Crippen molar-refractivity contribution in [1.82, 2.24) is 0 Å². The van der Waals surface area contributed by atoms with E-state index in [-0.39, 0.29) is 23.4 Å². The number of ether oxygens (including phenoxy) is 2. The van der Waals surface area contributed by atoms with Crippen LogP contribution in [-0.2, 0) is 4.74 Å². The normalized spacial score (nSPS) is 28.8. The molecule has 0 aliphatic heterocycles. The Morgan fingerprint density at radius 1 is 0.768 bits per heavy atom. The fourth-order valence-corrected chi connectivity index (χ4v) is 12.0. The lowest BCUT2D eigenvalue weighted by atomic mass is 9.47. The first-order valence-corrected chi connectivity index (χ1v) is 23.1. The summed E-state index contributed by atoms with van der Waals surface area (Å²) < 4.78 is 12.1. The van der Waals surface area contributed by atoms with Crippen LogP contribution in [-0.4, -0.2) is 24.6 Å². The Labute approximate surface area is 340 Å². The Morgan fingerprint density at radius 2 is 1.46 bits per heavy atom. The van der Waals surface area contributed by atoms with Gasteiger partial charge in [-0.2, -0.15) is 0 Å². The van der Waals surface area contributed by atoms with Crippen molar-refractivity contribution < 1.29 is 19.1 Å². The molecule has 0 aromatic heterocycles. The second-order valence-corrected chi connectivity index (χ2v) is 19.4. The monoisotopic (exact) mass is 766 g/mol. The zero-order valence-corrected chi connectivity index (χ0v) is 36.0. The summed E-state index contributed by atoms with van der Waals surface area (Å²) in [6.45, 7) is 15.5. The van der Waals surface area contributed by atoms with E-state index in [0.29, 0.717) is 28.8 Å². The number of carbonyl (C=O) groups excluding carboxylic acids is 2. The molecule has 4 aliphatic carbocycles. The zero-order chi connectivity index (χ0) is 39.7. The summed E-state index contributed by atoms with van der Waals surface area (Å²) in [7, 11) is 0. The number of rotatable bonds is 19. The largest absolute Gasteiger partial charge is 0.494 e. The summed E-state index contributed by atoms with van der Waals surface area (Å²) in [4.78, 5) is 26.3. The van der Waals surface area contributed by atoms with E-state index in [1.54, 1.807) is 42.0 Å². The van der Waals surface area contributed by atoms with Crippen LogP contribution >= 0.6 is 0 Å². The maximum atomic E-state index is 13.3. The van der Waals surface area contributed by atoms with Crippen LogP contribution in [0.25, 0.3) is 0 Å². The molecule has 2 aromatic carbocycles. The van der Waals surface area contributed by atoms with Gasteiger partial charge in [-0.15, -0.1) is 0 Å². The molecule has 4 aliphatic rings. The molecule has 1 N–H and O–H groups in total. The first-order chi connectivity index (χ1) is 27.0. The molecule has 1 unspecified atom stereocenters. The van der Waals surface area contributed by atoms with Gasteiger partial charge in [-0.25, -0.2) is 4.79 Å². The molecular formula is C51H75NO4. The molecule has 2 aromatic rings. The number of carbonyl (C=O) groups is 2. The van der Waals surface area contributed by atoms with Gasteiger partial charge in [0.15, 0.2) is 0 Å². The minimum Gasteiger partial charge on any atom is -0.494 e. The lowest BCUT2D eigenvalue weighted by Crippen LogP contribution is -2.51. The lowest BCUT2D eigenvalue weighted by molar-refractivity contribution is -0.0594. The average molecular weight is 766 g/mol. The summed E-state index contributed by atoms with van der Waals surface area (Å²) >= 11 is 0. The summed E-state index contributed by atoms with van der Waals surface area (Å²) in [5.74, 6) is 5.26. The second-order valence-electron chi connectivity index (χ2n) is 19.4. The fourth-order valence-electron chi connectivity index (χ4n) is 12.0. The first kappa shape index (κ1) is 42.5. The number of hydrogen-bond acceptors (Lipinski definition) is 4. The zero-order valence-electron chi connectivity index (χ0n) is 36.0. The van der Waals surface area contributed by atoms with Crippen LogP contribution in [0.1, 0.15) is 184 Å². The molecule has 5 heteroatoms. The number of unbranched alkanes of at least 4 members (excludes halogenated alkanes) is 7. The van der Waals surface area contributed by atoms with Crippen LogP contribution in [0.3, 0.4) is 0 Å². The molecule has 6 rings (SSSR count). The van der Waals surface area contributed by atoms with E-state index in [0.717, 1.165) is 66.9 Å². The lowest BCUT2D eigenvalue weighted by Gasteiger charge is -2.58. The quantitative estimate of drug-likeness (QED) is 0.0879. The highest BCUT2D eigenvalue weighted by molar-refractivity contribution is 6.04. The second kappa shape index (κ2) is 19.6. The van der Waals surface area contributed by atoms with Gasteiger partial charge in [0, 0.05) is 17.7 Å². The smallest absolute Gasteiger partial charge is 0.338 e. The van der Waals surface area contributed by atoms with Gasteiger partial charge in [0.05, 0.1) is 12.2 Å². The van der Waals surface area contributed by atoms with E-state index < -0.39 is 0 Å². The molecule has 0 saturated heterocycles. The van der Waals surface area contributed by atoms with Gasteiger partial charge in [-0.1, -0.05) is 117 Å². The predicted molar refractivity (Wildman–Crippen MR) is 231 cm³/mol. The van der Waals surface area contributed by atoms with Gasteiger partial charge in [-0.3, -0.25) is 4.79 Å². The number of amides is 1. The standard InChI is InChI=1S/C51H75NO4/c1-7-8-9-10-11-12-13-14-34-55-42-25-20-38(21-26-42)48(53)52-41-23-18-39(19-24-41)49(54)56-43-30-32-50(5)40(35-43)22-27-44-46-29-28-45(37(4)17-15-16-36(2)3)51(46,6)33-31-47(44)50/h18-26,36-37,43-47H,7-17,27-35H2,1-6H3,(H,52,53)/t37-,43?,44+,45-,46+,47+,50+,51-/m1/s1. The summed E-state index contributed by atoms with van der Waals surface area (Å²) in [6, 6.07) is 14.4. The molecule has 0 bridgehead atoms. The topological polar surface area (TPSA) is 64.6 Å². The van der Waals surface area contributed by atoms with E-state index in [1.807, 2.05) is 12.1 Å². The van der Waals surface area contributed by atoms with Crippen LogP contribution in [0.15, 0.2) is 60.2 Å². The minimum absolute atomic E-state index is 0.0820. The maximum Gasteiger partial charge on any atom is 0.338 e. The third-order valence-corrected chi connectivity index (χ3v) is 15.3. The molecule has 3 saturated carbocycles. The molecule has 5 nitrogen and oxygen atoms in total. The number of allylic oxidation sites excluding steroid dienone is 1. The van der Waals surface area contributed by atoms with Crippen LogP contribution < -0.4 is 10.1 Å². The van der Waals surface area contributed by atoms with Gasteiger partial charge in [0.2, 0.25) is 0 Å². The molecule has 1 amide bonds. The summed E-state index contributed by atoms with van der Waals surface area (Å²) in [5, 5.41) is 2.96. The number of fused-ring (bicyclic) bond motifs is 5. The number of benzene rings is 2. The predicted octanol–water partition coefficient (Wildman–Crippen LogP) is 14.0. The van der Waals surface area contributed by atoms with E-state index >= 15 is 0 Å². The van der Waals surface area contributed by atoms with Gasteiger partial charge < -0.3 is 14.8 Å². The van der Waals surface area contributed by atoms with Crippen molar-refractivity contribution in [3.05, 3.63) is 71.3 Å². The van der Waals surface area contributed by atoms with Gasteiger partial charge >= 0.3 is 5.97 Å². The minimum atomic E-state index is -0.277. The molecule has 0 heterocycles. The third kappa shape index (κ3) is 10.1. The van der Waals surface area contributed by atoms with Crippen LogP contribution in [0.2, 0.25) is 0 Å². The SMILES string of the molecule is CCCCCCCCCCOc1ccc(C(=O)Nc2ccc(C(=O)OC3CC[C@@]4(C)C(=CC[C@H]5[C@@H]6CC[C@H]([C@H](C)CCCC(C)C)[C@@]6(C)CC[C@@H]54)C3)cc2)cc1. The van der Waals surface area contributed by atoms with Crippen molar-refractivity contribution in [1.29, 1.82) is 0 Å². The number of anilines is 1. The van der Waals surface area contributed by atoms with Crippen molar-refractivity contribution in [3.8, 4) is 5.75 Å². The van der Waals surface area contributed by atoms with E-state index in [9.17, 15) is 9.59 Å². The van der Waals surface area contributed by atoms with Gasteiger partial charge in [0.1, 0.15) is 11.9 Å². The number of hydrogen-bond donors (Lipinski definition) is 1. The Bertz CT molecular complexity index is 1590. The fraction of sp³-hybridized carbons (Fsp3) is 0.686. The van der Waals surface area contributed by atoms with E-state index in [4.69, 9.17) is 9.47 Å².